The second-order valence-corrected chi connectivity index (χ2v) is 11.6. The molecule has 0 spiro atoms. The third-order valence-electron chi connectivity index (χ3n) is 7.13. The molecule has 5 rings (SSSR count). The Kier molecular flexibility index (Phi) is 7.47. The van der Waals surface area contributed by atoms with Crippen LogP contribution in [0.4, 0.5) is 10.7 Å². The largest absolute Gasteiger partial charge is 0.444 e. The van der Waals surface area contributed by atoms with Crippen molar-refractivity contribution in [1.82, 2.24) is 25.2 Å². The van der Waals surface area contributed by atoms with Crippen LogP contribution in [0.1, 0.15) is 59.3 Å². The molecule has 1 saturated carbocycles. The number of carbonyl (C=O) groups excluding carboxylic acids is 2. The van der Waals surface area contributed by atoms with E-state index < -0.39 is 17.7 Å². The van der Waals surface area contributed by atoms with Crippen LogP contribution < -0.4 is 10.6 Å². The van der Waals surface area contributed by atoms with Gasteiger partial charge in [0.1, 0.15) is 11.6 Å². The number of rotatable bonds is 5. The lowest BCUT2D eigenvalue weighted by Gasteiger charge is -2.32. The Labute approximate surface area is 227 Å². The number of nitrogens with one attached hydrogen (secondary N) is 3. The molecule has 1 saturated heterocycles. The summed E-state index contributed by atoms with van der Waals surface area (Å²) < 4.78 is 5.52. The van der Waals surface area contributed by atoms with E-state index in [0.717, 1.165) is 48.6 Å². The van der Waals surface area contributed by atoms with Crippen LogP contribution in [0.2, 0.25) is 5.02 Å². The van der Waals surface area contributed by atoms with E-state index in [1.165, 1.54) is 0 Å². The number of ether oxygens (including phenoxy) is 1. The van der Waals surface area contributed by atoms with Crippen LogP contribution in [-0.2, 0) is 9.53 Å². The number of anilines is 1. The van der Waals surface area contributed by atoms with Gasteiger partial charge in [0.05, 0.1) is 16.9 Å². The predicted molar refractivity (Wildman–Crippen MR) is 148 cm³/mol. The highest BCUT2D eigenvalue weighted by atomic mass is 35.5. The van der Waals surface area contributed by atoms with Gasteiger partial charge in [-0.3, -0.25) is 9.69 Å². The third kappa shape index (κ3) is 5.88. The molecule has 3 N–H and O–H groups in total. The van der Waals surface area contributed by atoms with Gasteiger partial charge in [0.2, 0.25) is 11.9 Å². The summed E-state index contributed by atoms with van der Waals surface area (Å²) in [4.78, 5) is 39.8. The van der Waals surface area contributed by atoms with E-state index in [1.54, 1.807) is 11.1 Å². The van der Waals surface area contributed by atoms with Crippen LogP contribution in [0.15, 0.2) is 36.7 Å². The van der Waals surface area contributed by atoms with E-state index in [1.807, 2.05) is 51.2 Å². The van der Waals surface area contributed by atoms with E-state index in [0.29, 0.717) is 29.6 Å². The molecular weight excluding hydrogens is 504 g/mol. The zero-order chi connectivity index (χ0) is 26.9. The Morgan fingerprint density at radius 3 is 2.74 bits per heavy atom. The van der Waals surface area contributed by atoms with Crippen molar-refractivity contribution in [2.75, 3.05) is 11.9 Å². The maximum Gasteiger partial charge on any atom is 0.410 e. The quantitative estimate of drug-likeness (QED) is 0.394. The van der Waals surface area contributed by atoms with Gasteiger partial charge in [0.25, 0.3) is 0 Å². The summed E-state index contributed by atoms with van der Waals surface area (Å²) in [5.41, 5.74) is 2.02. The predicted octanol–water partition coefficient (Wildman–Crippen LogP) is 5.52. The first-order valence-corrected chi connectivity index (χ1v) is 13.7. The Hall–Kier alpha value is -3.33. The van der Waals surface area contributed by atoms with Crippen molar-refractivity contribution in [1.29, 1.82) is 0 Å². The molecule has 3 atom stereocenters. The molecule has 2 amide bonds. The van der Waals surface area contributed by atoms with Crippen molar-refractivity contribution in [2.45, 2.75) is 83.0 Å². The second kappa shape index (κ2) is 10.8. The first-order valence-electron chi connectivity index (χ1n) is 13.3. The zero-order valence-corrected chi connectivity index (χ0v) is 22.8. The number of H-pyrrole nitrogens is 1. The van der Waals surface area contributed by atoms with Crippen LogP contribution >= 0.6 is 11.6 Å². The van der Waals surface area contributed by atoms with E-state index >= 15 is 0 Å². The Bertz CT molecular complexity index is 1320. The number of hydrogen-bond donors (Lipinski definition) is 3. The fourth-order valence-corrected chi connectivity index (χ4v) is 5.60. The smallest absolute Gasteiger partial charge is 0.410 e. The highest BCUT2D eigenvalue weighted by Crippen LogP contribution is 2.33. The molecule has 1 aliphatic heterocycles. The van der Waals surface area contributed by atoms with E-state index in [9.17, 15) is 9.59 Å². The maximum atomic E-state index is 13.2. The molecule has 3 heterocycles. The first-order chi connectivity index (χ1) is 18.2. The number of aromatic amines is 1. The van der Waals surface area contributed by atoms with Gasteiger partial charge in [0.15, 0.2) is 0 Å². The number of hydrogen-bond acceptors (Lipinski definition) is 6. The van der Waals surface area contributed by atoms with Gasteiger partial charge in [-0.15, -0.1) is 0 Å². The van der Waals surface area contributed by atoms with E-state index in [-0.39, 0.29) is 18.0 Å². The number of aromatic nitrogens is 3. The highest BCUT2D eigenvalue weighted by Gasteiger charge is 2.37. The molecule has 0 radical (unpaired) electrons. The minimum atomic E-state index is -0.596. The van der Waals surface area contributed by atoms with Crippen molar-refractivity contribution < 1.29 is 14.3 Å². The van der Waals surface area contributed by atoms with Gasteiger partial charge in [-0.2, -0.15) is 0 Å². The Balaban J connectivity index is 1.22. The number of para-hydroxylation sites is 1. The molecule has 0 bridgehead atoms. The lowest BCUT2D eigenvalue weighted by molar-refractivity contribution is -0.126. The lowest BCUT2D eigenvalue weighted by Crippen LogP contribution is -2.51. The summed E-state index contributed by atoms with van der Waals surface area (Å²) >= 11 is 6.49. The van der Waals surface area contributed by atoms with Crippen molar-refractivity contribution in [3.8, 4) is 11.3 Å². The minimum Gasteiger partial charge on any atom is -0.444 e. The number of likely N-dealkylation sites (tertiary alicyclic amines) is 1. The van der Waals surface area contributed by atoms with Crippen LogP contribution in [0, 0.1) is 0 Å². The molecule has 2 aliphatic rings. The summed E-state index contributed by atoms with van der Waals surface area (Å²) in [6.07, 6.45) is 8.11. The van der Waals surface area contributed by atoms with Gasteiger partial charge in [-0.1, -0.05) is 29.8 Å². The van der Waals surface area contributed by atoms with Crippen molar-refractivity contribution in [3.63, 3.8) is 0 Å². The minimum absolute atomic E-state index is 0.00947. The summed E-state index contributed by atoms with van der Waals surface area (Å²) in [5.74, 6) is 0.405. The standard InChI is InChI=1S/C28H35ClN6O3/c1-28(2,3)38-27(37)35-13-7-12-23(35)25(36)32-17-8-6-9-18(14-17)33-26-31-16-21(29)24(34-26)20-15-30-22-11-5-4-10-19(20)22/h4-5,10-11,15-18,23,30H,6-9,12-14H2,1-3H3,(H,32,36)(H,31,33,34)/t17-,18+,23+/m0/s1. The first kappa shape index (κ1) is 26.3. The summed E-state index contributed by atoms with van der Waals surface area (Å²) in [5, 5.41) is 8.18. The fourth-order valence-electron chi connectivity index (χ4n) is 5.40. The van der Waals surface area contributed by atoms with E-state index in [2.05, 4.69) is 20.6 Å². The number of nitrogens with zero attached hydrogens (tertiary/aromatic N) is 3. The molecular formula is C28H35ClN6O3. The number of amides is 2. The molecule has 9 nitrogen and oxygen atoms in total. The molecule has 3 aromatic rings. The summed E-state index contributed by atoms with van der Waals surface area (Å²) in [6, 6.07) is 7.65. The van der Waals surface area contributed by atoms with Gasteiger partial charge >= 0.3 is 6.09 Å². The van der Waals surface area contributed by atoms with Crippen LogP contribution in [0.5, 0.6) is 0 Å². The highest BCUT2D eigenvalue weighted by molar-refractivity contribution is 6.33. The molecule has 1 aromatic carbocycles. The Morgan fingerprint density at radius 2 is 1.92 bits per heavy atom. The number of benzene rings is 1. The van der Waals surface area contributed by atoms with Crippen LogP contribution in [-0.4, -0.2) is 62.1 Å². The number of fused-ring (bicyclic) bond motifs is 1. The third-order valence-corrected chi connectivity index (χ3v) is 7.40. The molecule has 0 unspecified atom stereocenters. The molecule has 1 aliphatic carbocycles. The van der Waals surface area contributed by atoms with Crippen LogP contribution in [0.3, 0.4) is 0 Å². The van der Waals surface area contributed by atoms with Crippen molar-refractivity contribution in [3.05, 3.63) is 41.7 Å². The molecule has 2 fully saturated rings. The van der Waals surface area contributed by atoms with Crippen molar-refractivity contribution in [2.24, 2.45) is 0 Å². The number of halogens is 1. The maximum absolute atomic E-state index is 13.2. The van der Waals surface area contributed by atoms with Gasteiger partial charge in [-0.25, -0.2) is 14.8 Å². The number of carbonyl (C=O) groups is 2. The van der Waals surface area contributed by atoms with Gasteiger partial charge < -0.3 is 20.4 Å². The SMILES string of the molecule is CC(C)(C)OC(=O)N1CCC[C@@H]1C(=O)N[C@H]1CCC[C@@H](Nc2ncc(Cl)c(-c3c[nH]c4ccccc34)n2)C1. The van der Waals surface area contributed by atoms with Crippen molar-refractivity contribution >= 4 is 40.5 Å². The molecule has 38 heavy (non-hydrogen) atoms. The fraction of sp³-hybridized carbons (Fsp3) is 0.500. The van der Waals surface area contributed by atoms with E-state index in [4.69, 9.17) is 21.3 Å². The average Bonchev–Trinajstić information content (AvgIpc) is 3.52. The second-order valence-electron chi connectivity index (χ2n) is 11.2. The lowest BCUT2D eigenvalue weighted by atomic mass is 9.90. The molecule has 202 valence electrons. The average molecular weight is 539 g/mol. The van der Waals surface area contributed by atoms with Gasteiger partial charge in [0, 0.05) is 41.3 Å². The monoisotopic (exact) mass is 538 g/mol. The van der Waals surface area contributed by atoms with Gasteiger partial charge in [-0.05, 0) is 65.4 Å². The zero-order valence-electron chi connectivity index (χ0n) is 22.1. The Morgan fingerprint density at radius 1 is 1.13 bits per heavy atom. The topological polar surface area (TPSA) is 112 Å². The van der Waals surface area contributed by atoms with Crippen LogP contribution in [0.25, 0.3) is 22.2 Å². The normalized spacial score (nSPS) is 21.9. The summed E-state index contributed by atoms with van der Waals surface area (Å²) in [7, 11) is 0. The molecule has 10 heteroatoms. The summed E-state index contributed by atoms with van der Waals surface area (Å²) in [6.45, 7) is 6.03. The molecule has 2 aromatic heterocycles.